The monoisotopic (exact) mass is 353 g/mol. The smallest absolute Gasteiger partial charge is 0.223 e. The van der Waals surface area contributed by atoms with E-state index in [1.807, 2.05) is 12.3 Å². The number of methoxy groups -OCH3 is 1. The Morgan fingerprint density at radius 1 is 1.46 bits per heavy atom. The van der Waals surface area contributed by atoms with Crippen molar-refractivity contribution in [1.82, 2.24) is 14.9 Å². The van der Waals surface area contributed by atoms with E-state index in [1.54, 1.807) is 13.3 Å². The van der Waals surface area contributed by atoms with Crippen molar-refractivity contribution >= 4 is 22.6 Å². The van der Waals surface area contributed by atoms with Gasteiger partial charge in [0.25, 0.3) is 0 Å². The zero-order valence-corrected chi connectivity index (χ0v) is 15.0. The molecule has 2 aromatic heterocycles. The van der Waals surface area contributed by atoms with Crippen molar-refractivity contribution in [2.75, 3.05) is 31.6 Å². The van der Waals surface area contributed by atoms with Crippen molar-refractivity contribution in [2.24, 2.45) is 0 Å². The number of fused-ring (bicyclic) bond motifs is 1. The number of H-pyrrole nitrogens is 1. The van der Waals surface area contributed by atoms with E-state index in [4.69, 9.17) is 10.00 Å². The lowest BCUT2D eigenvalue weighted by molar-refractivity contribution is -0.135. The number of unbranched alkanes of at least 4 members (excludes halogenated alkanes) is 1. The van der Waals surface area contributed by atoms with Gasteiger partial charge in [0.1, 0.15) is 5.65 Å². The molecule has 1 saturated heterocycles. The van der Waals surface area contributed by atoms with Gasteiger partial charge in [-0.15, -0.1) is 0 Å². The Morgan fingerprint density at radius 2 is 2.31 bits per heavy atom. The van der Waals surface area contributed by atoms with E-state index in [1.165, 1.54) is 0 Å². The van der Waals surface area contributed by atoms with Crippen molar-refractivity contribution in [3.8, 4) is 11.8 Å². The van der Waals surface area contributed by atoms with Crippen molar-refractivity contribution in [3.05, 3.63) is 18.5 Å². The molecule has 1 aliphatic heterocycles. The van der Waals surface area contributed by atoms with Crippen LogP contribution in [0.1, 0.15) is 32.1 Å². The second-order valence-corrected chi connectivity index (χ2v) is 7.12. The molecule has 7 heteroatoms. The van der Waals surface area contributed by atoms with Crippen molar-refractivity contribution in [2.45, 2.75) is 37.6 Å². The van der Waals surface area contributed by atoms with Gasteiger partial charge in [0.05, 0.1) is 30.6 Å². The fourth-order valence-corrected chi connectivity index (χ4v) is 4.03. The number of piperazine rings is 1. The molecule has 7 nitrogen and oxygen atoms in total. The predicted molar refractivity (Wildman–Crippen MR) is 98.0 cm³/mol. The molecular formula is C19H23N5O2. The number of ether oxygens (including phenoxy) is 1. The van der Waals surface area contributed by atoms with Crippen molar-refractivity contribution in [3.63, 3.8) is 0 Å². The molecule has 1 saturated carbocycles. The first kappa shape index (κ1) is 16.7. The zero-order chi connectivity index (χ0) is 18.1. The molecule has 26 heavy (non-hydrogen) atoms. The lowest BCUT2D eigenvalue weighted by atomic mass is 10.1. The third-order valence-corrected chi connectivity index (χ3v) is 5.52. The Labute approximate surface area is 152 Å². The number of nitriles is 1. The quantitative estimate of drug-likeness (QED) is 0.835. The van der Waals surface area contributed by atoms with Gasteiger partial charge in [0.15, 0.2) is 5.75 Å². The fraction of sp³-hybridized carbons (Fsp3) is 0.526. The summed E-state index contributed by atoms with van der Waals surface area (Å²) >= 11 is 0. The highest BCUT2D eigenvalue weighted by Gasteiger charge is 2.53. The second kappa shape index (κ2) is 6.52. The van der Waals surface area contributed by atoms with Gasteiger partial charge in [-0.2, -0.15) is 5.26 Å². The molecule has 1 N–H and O–H groups in total. The summed E-state index contributed by atoms with van der Waals surface area (Å²) in [5.41, 5.74) is 1.85. The van der Waals surface area contributed by atoms with Crippen LogP contribution in [-0.2, 0) is 4.79 Å². The maximum absolute atomic E-state index is 12.6. The van der Waals surface area contributed by atoms with E-state index >= 15 is 0 Å². The van der Waals surface area contributed by atoms with Crippen LogP contribution >= 0.6 is 0 Å². The van der Waals surface area contributed by atoms with Gasteiger partial charge < -0.3 is 19.5 Å². The minimum atomic E-state index is -0.0567. The van der Waals surface area contributed by atoms with Crippen LogP contribution in [0.4, 0.5) is 5.69 Å². The summed E-state index contributed by atoms with van der Waals surface area (Å²) < 4.78 is 5.58. The Morgan fingerprint density at radius 3 is 3.04 bits per heavy atom. The number of hydrogen-bond acceptors (Lipinski definition) is 5. The Balaban J connectivity index is 1.57. The maximum atomic E-state index is 12.6. The summed E-state index contributed by atoms with van der Waals surface area (Å²) in [5, 5.41) is 9.73. The normalized spacial score (nSPS) is 18.2. The van der Waals surface area contributed by atoms with E-state index in [0.717, 1.165) is 48.4 Å². The number of amides is 1. The molecule has 0 radical (unpaired) electrons. The number of carbonyl (C=O) groups is 1. The lowest BCUT2D eigenvalue weighted by Crippen LogP contribution is -2.57. The molecule has 1 amide bonds. The van der Waals surface area contributed by atoms with E-state index in [2.05, 4.69) is 25.8 Å². The van der Waals surface area contributed by atoms with Crippen LogP contribution in [0, 0.1) is 11.3 Å². The molecule has 136 valence electrons. The molecular weight excluding hydrogens is 330 g/mol. The number of anilines is 1. The summed E-state index contributed by atoms with van der Waals surface area (Å²) in [5.74, 6) is 0.951. The molecule has 4 rings (SSSR count). The van der Waals surface area contributed by atoms with Crippen molar-refractivity contribution in [1.29, 1.82) is 5.26 Å². The minimum absolute atomic E-state index is 0.0567. The third kappa shape index (κ3) is 2.75. The maximum Gasteiger partial charge on any atom is 0.223 e. The predicted octanol–water partition coefficient (Wildman–Crippen LogP) is 2.45. The Kier molecular flexibility index (Phi) is 4.19. The molecule has 0 bridgehead atoms. The van der Waals surface area contributed by atoms with Crippen LogP contribution in [0.2, 0.25) is 0 Å². The third-order valence-electron chi connectivity index (χ3n) is 5.52. The standard InChI is InChI=1S/C19H23N5O2/c1-26-15-12-22-18-14(5-9-21-18)17(15)23-10-11-24(19(13-23)6-7-19)16(25)4-2-3-8-20/h5,9,12H,2-4,6-7,10-11,13H2,1H3,(H,21,22). The number of nitrogens with zero attached hydrogens (tertiary/aromatic N) is 4. The Bertz CT molecular complexity index is 864. The van der Waals surface area contributed by atoms with E-state index in [9.17, 15) is 4.79 Å². The highest BCUT2D eigenvalue weighted by atomic mass is 16.5. The largest absolute Gasteiger partial charge is 0.493 e. The van der Waals surface area contributed by atoms with Gasteiger partial charge in [0.2, 0.25) is 5.91 Å². The second-order valence-electron chi connectivity index (χ2n) is 7.12. The number of aromatic nitrogens is 2. The number of carbonyl (C=O) groups excluding carboxylic acids is 1. The van der Waals surface area contributed by atoms with Crippen LogP contribution < -0.4 is 9.64 Å². The van der Waals surface area contributed by atoms with Crippen molar-refractivity contribution < 1.29 is 9.53 Å². The van der Waals surface area contributed by atoms with Gasteiger partial charge in [0, 0.05) is 44.1 Å². The minimum Gasteiger partial charge on any atom is -0.493 e. The summed E-state index contributed by atoms with van der Waals surface area (Å²) in [6, 6.07) is 4.14. The van der Waals surface area contributed by atoms with Gasteiger partial charge >= 0.3 is 0 Å². The molecule has 3 heterocycles. The summed E-state index contributed by atoms with van der Waals surface area (Å²) in [6.07, 6.45) is 7.28. The summed E-state index contributed by atoms with van der Waals surface area (Å²) in [6.45, 7) is 2.30. The highest BCUT2D eigenvalue weighted by molar-refractivity contribution is 5.93. The fourth-order valence-electron chi connectivity index (χ4n) is 4.03. The first-order valence-corrected chi connectivity index (χ1v) is 9.11. The topological polar surface area (TPSA) is 85.2 Å². The van der Waals surface area contributed by atoms with Crippen LogP contribution in [-0.4, -0.2) is 53.1 Å². The molecule has 1 spiro atoms. The van der Waals surface area contributed by atoms with Crippen LogP contribution in [0.3, 0.4) is 0 Å². The van der Waals surface area contributed by atoms with Gasteiger partial charge in [-0.05, 0) is 25.3 Å². The van der Waals surface area contributed by atoms with E-state index in [-0.39, 0.29) is 11.4 Å². The first-order valence-electron chi connectivity index (χ1n) is 9.11. The van der Waals surface area contributed by atoms with Crippen LogP contribution in [0.15, 0.2) is 18.5 Å². The molecule has 2 aliphatic rings. The first-order chi connectivity index (χ1) is 12.7. The molecule has 1 aliphatic carbocycles. The molecule has 0 aromatic carbocycles. The number of rotatable bonds is 5. The van der Waals surface area contributed by atoms with E-state index < -0.39 is 0 Å². The van der Waals surface area contributed by atoms with E-state index in [0.29, 0.717) is 25.8 Å². The average molecular weight is 353 g/mol. The molecule has 0 unspecified atom stereocenters. The molecule has 2 fully saturated rings. The summed E-state index contributed by atoms with van der Waals surface area (Å²) in [4.78, 5) is 24.6. The zero-order valence-electron chi connectivity index (χ0n) is 15.0. The molecule has 2 aromatic rings. The number of nitrogens with one attached hydrogen (secondary N) is 1. The number of aromatic amines is 1. The number of pyridine rings is 1. The highest BCUT2D eigenvalue weighted by Crippen LogP contribution is 2.47. The Hall–Kier alpha value is -2.75. The summed E-state index contributed by atoms with van der Waals surface area (Å²) in [7, 11) is 1.67. The van der Waals surface area contributed by atoms with Crippen LogP contribution in [0.5, 0.6) is 5.75 Å². The van der Waals surface area contributed by atoms with Crippen LogP contribution in [0.25, 0.3) is 11.0 Å². The number of hydrogen-bond donors (Lipinski definition) is 1. The molecule has 0 atom stereocenters. The lowest BCUT2D eigenvalue weighted by Gasteiger charge is -2.43. The van der Waals surface area contributed by atoms with Gasteiger partial charge in [-0.3, -0.25) is 4.79 Å². The average Bonchev–Trinajstić information content (AvgIpc) is 3.23. The SMILES string of the molecule is COc1cnc2[nH]ccc2c1N1CCN(C(=O)CCCC#N)C2(CC2)C1. The van der Waals surface area contributed by atoms with Gasteiger partial charge in [-0.1, -0.05) is 0 Å². The van der Waals surface area contributed by atoms with Gasteiger partial charge in [-0.25, -0.2) is 4.98 Å².